The van der Waals surface area contributed by atoms with Crippen molar-refractivity contribution in [2.24, 2.45) is 5.41 Å². The fourth-order valence-electron chi connectivity index (χ4n) is 2.23. The molecule has 1 fully saturated rings. The SMILES string of the molecule is CC1(C)CCCN(c2ccc(N)nc2)C1. The average molecular weight is 205 g/mol. The van der Waals surface area contributed by atoms with E-state index >= 15 is 0 Å². The summed E-state index contributed by atoms with van der Waals surface area (Å²) in [4.78, 5) is 6.54. The van der Waals surface area contributed by atoms with Gasteiger partial charge in [0.15, 0.2) is 0 Å². The van der Waals surface area contributed by atoms with Crippen molar-refractivity contribution in [1.29, 1.82) is 0 Å². The lowest BCUT2D eigenvalue weighted by atomic mass is 9.84. The van der Waals surface area contributed by atoms with Crippen LogP contribution in [0.15, 0.2) is 18.3 Å². The van der Waals surface area contributed by atoms with E-state index in [0.29, 0.717) is 11.2 Å². The van der Waals surface area contributed by atoms with Crippen molar-refractivity contribution in [1.82, 2.24) is 4.98 Å². The first kappa shape index (κ1) is 10.3. The zero-order valence-electron chi connectivity index (χ0n) is 9.53. The Balaban J connectivity index is 2.13. The van der Waals surface area contributed by atoms with E-state index in [0.717, 1.165) is 13.1 Å². The number of anilines is 2. The van der Waals surface area contributed by atoms with Gasteiger partial charge >= 0.3 is 0 Å². The second-order valence-electron chi connectivity index (χ2n) is 5.13. The molecule has 1 saturated heterocycles. The minimum absolute atomic E-state index is 0.416. The molecular formula is C12H19N3. The maximum atomic E-state index is 5.58. The first-order chi connectivity index (χ1) is 7.07. The fourth-order valence-corrected chi connectivity index (χ4v) is 2.23. The first-order valence-corrected chi connectivity index (χ1v) is 5.53. The molecule has 3 nitrogen and oxygen atoms in total. The van der Waals surface area contributed by atoms with Gasteiger partial charge in [0, 0.05) is 13.1 Å². The average Bonchev–Trinajstić information content (AvgIpc) is 2.17. The van der Waals surface area contributed by atoms with Gasteiger partial charge in [-0.2, -0.15) is 0 Å². The predicted molar refractivity (Wildman–Crippen MR) is 63.9 cm³/mol. The Morgan fingerprint density at radius 1 is 1.40 bits per heavy atom. The summed E-state index contributed by atoms with van der Waals surface area (Å²) in [5.74, 6) is 0.593. The van der Waals surface area contributed by atoms with Crippen molar-refractivity contribution in [3.05, 3.63) is 18.3 Å². The molecule has 0 radical (unpaired) electrons. The van der Waals surface area contributed by atoms with Crippen molar-refractivity contribution in [2.75, 3.05) is 23.7 Å². The topological polar surface area (TPSA) is 42.1 Å². The van der Waals surface area contributed by atoms with Gasteiger partial charge in [-0.1, -0.05) is 13.8 Å². The van der Waals surface area contributed by atoms with Gasteiger partial charge in [0.1, 0.15) is 5.82 Å². The lowest BCUT2D eigenvalue weighted by Gasteiger charge is -2.39. The molecule has 0 amide bonds. The van der Waals surface area contributed by atoms with E-state index in [1.807, 2.05) is 12.3 Å². The van der Waals surface area contributed by atoms with Gasteiger partial charge in [-0.05, 0) is 30.4 Å². The summed E-state index contributed by atoms with van der Waals surface area (Å²) in [5.41, 5.74) is 7.19. The Kier molecular flexibility index (Phi) is 2.55. The van der Waals surface area contributed by atoms with E-state index in [9.17, 15) is 0 Å². The summed E-state index contributed by atoms with van der Waals surface area (Å²) in [6, 6.07) is 3.93. The van der Waals surface area contributed by atoms with Gasteiger partial charge in [0.2, 0.25) is 0 Å². The van der Waals surface area contributed by atoms with Crippen LogP contribution in [0.25, 0.3) is 0 Å². The van der Waals surface area contributed by atoms with Crippen molar-refractivity contribution in [3.63, 3.8) is 0 Å². The van der Waals surface area contributed by atoms with Crippen LogP contribution in [0.1, 0.15) is 26.7 Å². The maximum Gasteiger partial charge on any atom is 0.123 e. The molecule has 15 heavy (non-hydrogen) atoms. The van der Waals surface area contributed by atoms with Crippen LogP contribution in [-0.2, 0) is 0 Å². The third kappa shape index (κ3) is 2.41. The van der Waals surface area contributed by atoms with Crippen LogP contribution >= 0.6 is 0 Å². The van der Waals surface area contributed by atoms with Gasteiger partial charge in [-0.25, -0.2) is 4.98 Å². The van der Waals surface area contributed by atoms with E-state index < -0.39 is 0 Å². The summed E-state index contributed by atoms with van der Waals surface area (Å²) in [6.07, 6.45) is 4.44. The zero-order valence-corrected chi connectivity index (χ0v) is 9.53. The minimum Gasteiger partial charge on any atom is -0.384 e. The largest absolute Gasteiger partial charge is 0.384 e. The van der Waals surface area contributed by atoms with Gasteiger partial charge in [-0.15, -0.1) is 0 Å². The van der Waals surface area contributed by atoms with Gasteiger partial charge < -0.3 is 10.6 Å². The number of pyridine rings is 1. The normalized spacial score (nSPS) is 20.3. The van der Waals surface area contributed by atoms with Crippen LogP contribution < -0.4 is 10.6 Å². The molecule has 82 valence electrons. The molecular weight excluding hydrogens is 186 g/mol. The van der Waals surface area contributed by atoms with Crippen LogP contribution in [0.5, 0.6) is 0 Å². The Labute approximate surface area is 91.3 Å². The van der Waals surface area contributed by atoms with Crippen LogP contribution in [0.2, 0.25) is 0 Å². The third-order valence-electron chi connectivity index (χ3n) is 3.04. The lowest BCUT2D eigenvalue weighted by molar-refractivity contribution is 0.293. The van der Waals surface area contributed by atoms with Crippen molar-refractivity contribution >= 4 is 11.5 Å². The number of hydrogen-bond donors (Lipinski definition) is 1. The van der Waals surface area contributed by atoms with Crippen molar-refractivity contribution < 1.29 is 0 Å². The molecule has 2 N–H and O–H groups in total. The second kappa shape index (κ2) is 3.72. The van der Waals surface area contributed by atoms with Crippen molar-refractivity contribution in [3.8, 4) is 0 Å². The number of aromatic nitrogens is 1. The quantitative estimate of drug-likeness (QED) is 0.765. The van der Waals surface area contributed by atoms with Crippen LogP contribution in [0.4, 0.5) is 11.5 Å². The summed E-state index contributed by atoms with van der Waals surface area (Å²) in [7, 11) is 0. The Bertz CT molecular complexity index is 329. The Hall–Kier alpha value is -1.25. The standard InChI is InChI=1S/C12H19N3/c1-12(2)6-3-7-15(9-12)10-4-5-11(13)14-8-10/h4-5,8H,3,6-7,9H2,1-2H3,(H2,13,14). The molecule has 2 rings (SSSR count). The second-order valence-corrected chi connectivity index (χ2v) is 5.13. The lowest BCUT2D eigenvalue weighted by Crippen LogP contribution is -2.40. The Morgan fingerprint density at radius 2 is 2.20 bits per heavy atom. The highest BCUT2D eigenvalue weighted by atomic mass is 15.1. The molecule has 0 unspecified atom stereocenters. The summed E-state index contributed by atoms with van der Waals surface area (Å²) in [6.45, 7) is 6.89. The highest BCUT2D eigenvalue weighted by Gasteiger charge is 2.26. The molecule has 0 aromatic carbocycles. The Morgan fingerprint density at radius 3 is 2.80 bits per heavy atom. The number of nitrogen functional groups attached to an aromatic ring is 1. The van der Waals surface area contributed by atoms with E-state index in [1.54, 1.807) is 0 Å². The highest BCUT2D eigenvalue weighted by molar-refractivity contribution is 5.48. The first-order valence-electron chi connectivity index (χ1n) is 5.53. The van der Waals surface area contributed by atoms with E-state index in [1.165, 1.54) is 18.5 Å². The molecule has 1 aromatic heterocycles. The number of nitrogens with zero attached hydrogens (tertiary/aromatic N) is 2. The third-order valence-corrected chi connectivity index (χ3v) is 3.04. The molecule has 0 aliphatic carbocycles. The molecule has 1 aliphatic heterocycles. The monoisotopic (exact) mass is 205 g/mol. The number of rotatable bonds is 1. The fraction of sp³-hybridized carbons (Fsp3) is 0.583. The van der Waals surface area contributed by atoms with Gasteiger partial charge in [-0.3, -0.25) is 0 Å². The number of nitrogens with two attached hydrogens (primary N) is 1. The van der Waals surface area contributed by atoms with E-state index in [4.69, 9.17) is 5.73 Å². The van der Waals surface area contributed by atoms with E-state index in [-0.39, 0.29) is 0 Å². The van der Waals surface area contributed by atoms with Crippen LogP contribution in [-0.4, -0.2) is 18.1 Å². The molecule has 1 aliphatic rings. The minimum atomic E-state index is 0.416. The zero-order chi connectivity index (χ0) is 10.9. The summed E-state index contributed by atoms with van der Waals surface area (Å²) >= 11 is 0. The predicted octanol–water partition coefficient (Wildman–Crippen LogP) is 2.29. The summed E-state index contributed by atoms with van der Waals surface area (Å²) in [5, 5.41) is 0. The van der Waals surface area contributed by atoms with Crippen molar-refractivity contribution in [2.45, 2.75) is 26.7 Å². The van der Waals surface area contributed by atoms with Crippen LogP contribution in [0.3, 0.4) is 0 Å². The van der Waals surface area contributed by atoms with E-state index in [2.05, 4.69) is 29.8 Å². The van der Waals surface area contributed by atoms with Gasteiger partial charge in [0.25, 0.3) is 0 Å². The maximum absolute atomic E-state index is 5.58. The number of hydrogen-bond acceptors (Lipinski definition) is 3. The number of piperidine rings is 1. The molecule has 1 aromatic rings. The summed E-state index contributed by atoms with van der Waals surface area (Å²) < 4.78 is 0. The molecule has 2 heterocycles. The molecule has 0 atom stereocenters. The van der Waals surface area contributed by atoms with Crippen LogP contribution in [0, 0.1) is 5.41 Å². The molecule has 0 saturated carbocycles. The molecule has 0 bridgehead atoms. The molecule has 0 spiro atoms. The highest BCUT2D eigenvalue weighted by Crippen LogP contribution is 2.31. The molecule has 3 heteroatoms. The van der Waals surface area contributed by atoms with Gasteiger partial charge in [0.05, 0.1) is 11.9 Å². The smallest absolute Gasteiger partial charge is 0.123 e.